The van der Waals surface area contributed by atoms with Gasteiger partial charge in [-0.25, -0.2) is 9.79 Å². The monoisotopic (exact) mass is 543 g/mol. The van der Waals surface area contributed by atoms with E-state index in [-0.39, 0.29) is 31.6 Å². The zero-order valence-corrected chi connectivity index (χ0v) is 20.4. The average molecular weight is 544 g/mol. The Labute approximate surface area is 205 Å². The first-order valence-corrected chi connectivity index (χ1v) is 11.7. The summed E-state index contributed by atoms with van der Waals surface area (Å²) in [5, 5.41) is 21.7. The van der Waals surface area contributed by atoms with E-state index >= 15 is 0 Å². The van der Waals surface area contributed by atoms with Crippen LogP contribution in [0, 0.1) is 10.1 Å². The molecule has 0 radical (unpaired) electrons. The van der Waals surface area contributed by atoms with Crippen LogP contribution in [0.2, 0.25) is 0 Å². The maximum absolute atomic E-state index is 13.5. The fourth-order valence-corrected chi connectivity index (χ4v) is 5.25. The average Bonchev–Trinajstić information content (AvgIpc) is 3.15. The number of nitro groups is 1. The number of nitrogens with zero attached hydrogens (tertiary/aromatic N) is 3. The first-order valence-electron chi connectivity index (χ1n) is 10.1. The van der Waals surface area contributed by atoms with E-state index in [0.29, 0.717) is 22.5 Å². The number of nitro benzene ring substituents is 1. The van der Waals surface area contributed by atoms with Crippen molar-refractivity contribution < 1.29 is 19.6 Å². The third-order valence-electron chi connectivity index (χ3n) is 5.34. The molecular formula is C23H18BrN3O6S. The molecule has 1 N–H and O–H groups in total. The van der Waals surface area contributed by atoms with Crippen molar-refractivity contribution in [2.45, 2.75) is 19.4 Å². The molecule has 0 amide bonds. The Morgan fingerprint density at radius 3 is 2.68 bits per heavy atom. The number of non-ortho nitro benzene ring substituents is 1. The molecule has 3 aromatic rings. The molecule has 174 valence electrons. The summed E-state index contributed by atoms with van der Waals surface area (Å²) in [6, 6.07) is 10.7. The third kappa shape index (κ3) is 4.08. The summed E-state index contributed by atoms with van der Waals surface area (Å²) in [4.78, 5) is 41.9. The lowest BCUT2D eigenvalue weighted by Gasteiger charge is -2.25. The second kappa shape index (κ2) is 9.35. The van der Waals surface area contributed by atoms with Crippen LogP contribution < -0.4 is 14.9 Å². The molecule has 4 rings (SSSR count). The largest absolute Gasteiger partial charge is 0.506 e. The molecular weight excluding hydrogens is 526 g/mol. The quantitative estimate of drug-likeness (QED) is 0.299. The van der Waals surface area contributed by atoms with Crippen molar-refractivity contribution in [2.24, 2.45) is 4.99 Å². The van der Waals surface area contributed by atoms with E-state index in [0.717, 1.165) is 11.3 Å². The van der Waals surface area contributed by atoms with Crippen LogP contribution in [0.5, 0.6) is 5.75 Å². The molecule has 0 bridgehead atoms. The number of hydrogen-bond acceptors (Lipinski definition) is 8. The zero-order chi connectivity index (χ0) is 24.6. The second-order valence-corrected chi connectivity index (χ2v) is 9.18. The fourth-order valence-electron chi connectivity index (χ4n) is 3.78. The number of aromatic hydroxyl groups is 1. The maximum atomic E-state index is 13.5. The van der Waals surface area contributed by atoms with Crippen LogP contribution in [0.15, 0.2) is 68.0 Å². The molecule has 1 aliphatic heterocycles. The first kappa shape index (κ1) is 23.6. The molecule has 1 aromatic heterocycles. The molecule has 0 saturated heterocycles. The second-order valence-electron chi connectivity index (χ2n) is 7.32. The van der Waals surface area contributed by atoms with Gasteiger partial charge in [0.05, 0.1) is 38.4 Å². The van der Waals surface area contributed by atoms with E-state index in [1.807, 2.05) is 37.3 Å². The predicted molar refractivity (Wildman–Crippen MR) is 129 cm³/mol. The van der Waals surface area contributed by atoms with Crippen molar-refractivity contribution in [2.75, 3.05) is 7.11 Å². The number of fused-ring (bicyclic) bond motifs is 1. The molecule has 9 nitrogen and oxygen atoms in total. The number of benzene rings is 2. The number of phenolic OH excluding ortho intramolecular Hbond substituents is 1. The van der Waals surface area contributed by atoms with Crippen LogP contribution in [0.1, 0.15) is 30.5 Å². The minimum atomic E-state index is -0.757. The summed E-state index contributed by atoms with van der Waals surface area (Å²) in [7, 11) is 1.28. The topological polar surface area (TPSA) is 124 Å². The summed E-state index contributed by atoms with van der Waals surface area (Å²) >= 11 is 4.18. The van der Waals surface area contributed by atoms with Gasteiger partial charge in [-0.05, 0) is 34.0 Å². The Morgan fingerprint density at radius 2 is 2.06 bits per heavy atom. The van der Waals surface area contributed by atoms with Crippen LogP contribution in [0.25, 0.3) is 6.08 Å². The van der Waals surface area contributed by atoms with Crippen molar-refractivity contribution >= 4 is 45.0 Å². The Kier molecular flexibility index (Phi) is 6.49. The van der Waals surface area contributed by atoms with Gasteiger partial charge in [-0.1, -0.05) is 48.6 Å². The fraction of sp³-hybridized carbons (Fsp3) is 0.174. The van der Waals surface area contributed by atoms with Crippen molar-refractivity contribution in [3.8, 4) is 5.75 Å². The molecule has 2 aromatic carbocycles. The number of aromatic nitrogens is 1. The van der Waals surface area contributed by atoms with Gasteiger partial charge in [0.15, 0.2) is 4.80 Å². The highest BCUT2D eigenvalue weighted by Crippen LogP contribution is 2.34. The van der Waals surface area contributed by atoms with Gasteiger partial charge in [0.2, 0.25) is 0 Å². The lowest BCUT2D eigenvalue weighted by molar-refractivity contribution is -0.385. The molecule has 0 fully saturated rings. The molecule has 34 heavy (non-hydrogen) atoms. The van der Waals surface area contributed by atoms with E-state index < -0.39 is 22.5 Å². The minimum Gasteiger partial charge on any atom is -0.506 e. The number of ether oxygens (including phenoxy) is 1. The van der Waals surface area contributed by atoms with Gasteiger partial charge in [-0.2, -0.15) is 0 Å². The molecule has 1 atom stereocenters. The highest BCUT2D eigenvalue weighted by atomic mass is 79.9. The third-order valence-corrected chi connectivity index (χ3v) is 6.93. The molecule has 0 spiro atoms. The van der Waals surface area contributed by atoms with Gasteiger partial charge in [0.25, 0.3) is 11.2 Å². The number of hydrogen-bond donors (Lipinski definition) is 1. The number of thiazole rings is 1. The molecule has 0 unspecified atom stereocenters. The number of esters is 1. The van der Waals surface area contributed by atoms with E-state index in [1.165, 1.54) is 29.9 Å². The minimum absolute atomic E-state index is 0.102. The lowest BCUT2D eigenvalue weighted by Crippen LogP contribution is -2.40. The smallest absolute Gasteiger partial charge is 0.338 e. The number of halogens is 1. The van der Waals surface area contributed by atoms with Crippen LogP contribution in [-0.4, -0.2) is 27.7 Å². The zero-order valence-electron chi connectivity index (χ0n) is 18.0. The standard InChI is InChI=1S/C23H18BrN3O6S/c1-3-16-18(22(30)33-2)19(12-7-5-4-6-8-12)26-21(29)17(34-23(26)25-16)10-13-9-14(27(31)32)11-15(24)20(13)28/h4-11,19,28H,3H2,1-2H3/b17-10+/t19-/m1/s1. The number of methoxy groups -OCH3 is 1. The van der Waals surface area contributed by atoms with E-state index in [4.69, 9.17) is 4.74 Å². The summed E-state index contributed by atoms with van der Waals surface area (Å²) in [6.45, 7) is 1.86. The number of rotatable bonds is 5. The van der Waals surface area contributed by atoms with Gasteiger partial charge in [-0.3, -0.25) is 19.5 Å². The number of phenols is 1. The summed E-state index contributed by atoms with van der Waals surface area (Å²) < 4.78 is 6.76. The van der Waals surface area contributed by atoms with Crippen LogP contribution in [0.4, 0.5) is 5.69 Å². The van der Waals surface area contributed by atoms with Crippen LogP contribution in [0.3, 0.4) is 0 Å². The van der Waals surface area contributed by atoms with Crippen LogP contribution in [-0.2, 0) is 9.53 Å². The summed E-state index contributed by atoms with van der Waals surface area (Å²) in [5.74, 6) is -0.815. The lowest BCUT2D eigenvalue weighted by atomic mass is 9.95. The molecule has 1 aliphatic rings. The van der Waals surface area contributed by atoms with Crippen molar-refractivity contribution in [1.82, 2.24) is 4.57 Å². The van der Waals surface area contributed by atoms with Gasteiger partial charge in [0.1, 0.15) is 5.75 Å². The number of carbonyl (C=O) groups is 1. The molecule has 11 heteroatoms. The molecule has 0 saturated carbocycles. The predicted octanol–water partition coefficient (Wildman–Crippen LogP) is 3.17. The van der Waals surface area contributed by atoms with Crippen molar-refractivity contribution in [3.63, 3.8) is 0 Å². The normalized spacial score (nSPS) is 15.6. The van der Waals surface area contributed by atoms with E-state index in [2.05, 4.69) is 20.9 Å². The van der Waals surface area contributed by atoms with Crippen molar-refractivity contribution in [1.29, 1.82) is 0 Å². The molecule has 2 heterocycles. The van der Waals surface area contributed by atoms with Crippen molar-refractivity contribution in [3.05, 3.63) is 99.1 Å². The number of carbonyl (C=O) groups excluding carboxylic acids is 1. The van der Waals surface area contributed by atoms with E-state index in [9.17, 15) is 24.8 Å². The van der Waals surface area contributed by atoms with Gasteiger partial charge >= 0.3 is 5.97 Å². The molecule has 0 aliphatic carbocycles. The Hall–Kier alpha value is -3.57. The Morgan fingerprint density at radius 1 is 1.35 bits per heavy atom. The summed E-state index contributed by atoms with van der Waals surface area (Å²) in [6.07, 6.45) is 1.82. The highest BCUT2D eigenvalue weighted by Gasteiger charge is 2.33. The highest BCUT2D eigenvalue weighted by molar-refractivity contribution is 9.10. The number of allylic oxidation sites excluding steroid dienone is 1. The van der Waals surface area contributed by atoms with Gasteiger partial charge in [-0.15, -0.1) is 0 Å². The first-order chi connectivity index (χ1) is 16.3. The maximum Gasteiger partial charge on any atom is 0.338 e. The Balaban J connectivity index is 2.02. The Bertz CT molecular complexity index is 1520. The van der Waals surface area contributed by atoms with E-state index in [1.54, 1.807) is 0 Å². The van der Waals surface area contributed by atoms with Crippen LogP contribution >= 0.6 is 27.3 Å². The van der Waals surface area contributed by atoms with Gasteiger partial charge < -0.3 is 9.84 Å². The summed E-state index contributed by atoms with van der Waals surface area (Å²) in [5.41, 5.74) is 0.900. The van der Waals surface area contributed by atoms with Gasteiger partial charge in [0, 0.05) is 17.7 Å². The SMILES string of the molecule is CCC1=C(C(=O)OC)[C@@H](c2ccccc2)n2c(s/c(=C/c3cc([N+](=O)[O-])cc(Br)c3O)c2=O)=N1.